The van der Waals surface area contributed by atoms with Crippen LogP contribution < -0.4 is 10.6 Å². The Bertz CT molecular complexity index is 452. The van der Waals surface area contributed by atoms with Crippen LogP contribution in [0.2, 0.25) is 0 Å². The summed E-state index contributed by atoms with van der Waals surface area (Å²) in [4.78, 5) is 8.29. The van der Waals surface area contributed by atoms with Gasteiger partial charge in [0.25, 0.3) is 0 Å². The van der Waals surface area contributed by atoms with Crippen LogP contribution in [0, 0.1) is 0 Å². The van der Waals surface area contributed by atoms with Crippen molar-refractivity contribution >= 4 is 57.2 Å². The molecular formula is C14H24BrIN4OS. The Morgan fingerprint density at radius 1 is 1.41 bits per heavy atom. The van der Waals surface area contributed by atoms with Gasteiger partial charge in [0, 0.05) is 47.5 Å². The first kappa shape index (κ1) is 20.1. The van der Waals surface area contributed by atoms with Crippen LogP contribution >= 0.6 is 51.2 Å². The average molecular weight is 503 g/mol. The molecule has 8 heteroatoms. The number of rotatable bonds is 6. The highest BCUT2D eigenvalue weighted by Gasteiger charge is 2.09. The third kappa shape index (κ3) is 7.58. The van der Waals surface area contributed by atoms with Gasteiger partial charge in [0.15, 0.2) is 5.96 Å². The molecule has 1 saturated heterocycles. The van der Waals surface area contributed by atoms with Crippen molar-refractivity contribution in [3.05, 3.63) is 20.8 Å². The fourth-order valence-electron chi connectivity index (χ4n) is 2.09. The first-order chi connectivity index (χ1) is 10.3. The molecule has 0 amide bonds. The Kier molecular flexibility index (Phi) is 10.6. The van der Waals surface area contributed by atoms with E-state index in [1.165, 1.54) is 4.88 Å². The topological polar surface area (TPSA) is 48.9 Å². The highest BCUT2D eigenvalue weighted by atomic mass is 127. The second kappa shape index (κ2) is 11.6. The third-order valence-corrected chi connectivity index (χ3v) is 4.87. The normalized spacial score (nSPS) is 16.2. The molecule has 0 aliphatic carbocycles. The standard InChI is InChI=1S/C14H23BrN4OS.HI/c1-2-16-14(18-10-13-9-12(15)11-21-13)17-3-4-19-5-7-20-8-6-19;/h9,11H,2-8,10H2,1H3,(H2,16,17,18);1H. The molecule has 1 aromatic rings. The van der Waals surface area contributed by atoms with Crippen molar-refractivity contribution < 1.29 is 4.74 Å². The number of halogens is 2. The van der Waals surface area contributed by atoms with Crippen molar-refractivity contribution in [1.29, 1.82) is 0 Å². The van der Waals surface area contributed by atoms with E-state index < -0.39 is 0 Å². The highest BCUT2D eigenvalue weighted by Crippen LogP contribution is 2.20. The summed E-state index contributed by atoms with van der Waals surface area (Å²) < 4.78 is 6.48. The maximum atomic E-state index is 5.35. The summed E-state index contributed by atoms with van der Waals surface area (Å²) in [7, 11) is 0. The molecule has 2 rings (SSSR count). The minimum Gasteiger partial charge on any atom is -0.379 e. The van der Waals surface area contributed by atoms with E-state index >= 15 is 0 Å². The van der Waals surface area contributed by atoms with Crippen LogP contribution in [-0.2, 0) is 11.3 Å². The van der Waals surface area contributed by atoms with Crippen molar-refractivity contribution in [2.75, 3.05) is 45.9 Å². The Balaban J connectivity index is 0.00000242. The van der Waals surface area contributed by atoms with Gasteiger partial charge in [-0.3, -0.25) is 4.90 Å². The molecule has 0 unspecified atom stereocenters. The lowest BCUT2D eigenvalue weighted by atomic mass is 10.4. The Hall–Kier alpha value is 0.1000. The molecule has 0 saturated carbocycles. The van der Waals surface area contributed by atoms with E-state index in [0.29, 0.717) is 6.54 Å². The minimum absolute atomic E-state index is 0. The maximum absolute atomic E-state index is 5.35. The molecule has 0 spiro atoms. The highest BCUT2D eigenvalue weighted by molar-refractivity contribution is 14.0. The van der Waals surface area contributed by atoms with E-state index in [1.54, 1.807) is 11.3 Å². The lowest BCUT2D eigenvalue weighted by Crippen LogP contribution is -2.44. The predicted octanol–water partition coefficient (Wildman–Crippen LogP) is 2.52. The van der Waals surface area contributed by atoms with Gasteiger partial charge >= 0.3 is 0 Å². The van der Waals surface area contributed by atoms with Gasteiger partial charge < -0.3 is 15.4 Å². The van der Waals surface area contributed by atoms with Crippen LogP contribution in [0.25, 0.3) is 0 Å². The third-order valence-electron chi connectivity index (χ3n) is 3.18. The molecule has 0 atom stereocenters. The smallest absolute Gasteiger partial charge is 0.191 e. The second-order valence-electron chi connectivity index (χ2n) is 4.81. The predicted molar refractivity (Wildman–Crippen MR) is 108 cm³/mol. The van der Waals surface area contributed by atoms with Crippen LogP contribution in [0.3, 0.4) is 0 Å². The summed E-state index contributed by atoms with van der Waals surface area (Å²) in [6.45, 7) is 9.35. The lowest BCUT2D eigenvalue weighted by Gasteiger charge is -2.26. The van der Waals surface area contributed by atoms with Gasteiger partial charge in [-0.1, -0.05) is 0 Å². The summed E-state index contributed by atoms with van der Waals surface area (Å²) in [5, 5.41) is 8.77. The molecule has 0 bridgehead atoms. The number of guanidine groups is 1. The summed E-state index contributed by atoms with van der Waals surface area (Å²) in [6.07, 6.45) is 0. The van der Waals surface area contributed by atoms with Crippen LogP contribution in [0.15, 0.2) is 20.9 Å². The first-order valence-corrected chi connectivity index (χ1v) is 9.00. The van der Waals surface area contributed by atoms with E-state index in [4.69, 9.17) is 4.74 Å². The van der Waals surface area contributed by atoms with Gasteiger partial charge in [-0.2, -0.15) is 0 Å². The van der Waals surface area contributed by atoms with Crippen molar-refractivity contribution in [2.45, 2.75) is 13.5 Å². The molecule has 1 aliphatic rings. The quantitative estimate of drug-likeness (QED) is 0.356. The number of nitrogens with zero attached hydrogens (tertiary/aromatic N) is 2. The van der Waals surface area contributed by atoms with Crippen LogP contribution in [0.1, 0.15) is 11.8 Å². The molecule has 1 aliphatic heterocycles. The second-order valence-corrected chi connectivity index (χ2v) is 6.72. The van der Waals surface area contributed by atoms with Crippen molar-refractivity contribution in [3.8, 4) is 0 Å². The molecule has 1 fully saturated rings. The number of hydrogen-bond donors (Lipinski definition) is 2. The monoisotopic (exact) mass is 502 g/mol. The zero-order chi connectivity index (χ0) is 14.9. The van der Waals surface area contributed by atoms with Gasteiger partial charge in [-0.15, -0.1) is 35.3 Å². The molecule has 0 aromatic carbocycles. The Morgan fingerprint density at radius 3 is 2.82 bits per heavy atom. The minimum atomic E-state index is 0. The van der Waals surface area contributed by atoms with Gasteiger partial charge in [-0.25, -0.2) is 4.99 Å². The Morgan fingerprint density at radius 2 is 2.18 bits per heavy atom. The van der Waals surface area contributed by atoms with E-state index in [0.717, 1.165) is 56.4 Å². The fraction of sp³-hybridized carbons (Fsp3) is 0.643. The van der Waals surface area contributed by atoms with Crippen LogP contribution in [0.4, 0.5) is 0 Å². The number of morpholine rings is 1. The Labute approximate surface area is 162 Å². The molecule has 5 nitrogen and oxygen atoms in total. The lowest BCUT2D eigenvalue weighted by molar-refractivity contribution is 0.0389. The van der Waals surface area contributed by atoms with E-state index in [-0.39, 0.29) is 24.0 Å². The van der Waals surface area contributed by atoms with Crippen molar-refractivity contribution in [2.24, 2.45) is 4.99 Å². The molecule has 1 aromatic heterocycles. The molecule has 2 heterocycles. The van der Waals surface area contributed by atoms with Gasteiger partial charge in [-0.05, 0) is 28.9 Å². The number of nitrogens with one attached hydrogen (secondary N) is 2. The number of thiophene rings is 1. The number of hydrogen-bond acceptors (Lipinski definition) is 4. The zero-order valence-electron chi connectivity index (χ0n) is 12.8. The summed E-state index contributed by atoms with van der Waals surface area (Å²) in [5.74, 6) is 0.885. The van der Waals surface area contributed by atoms with Crippen LogP contribution in [0.5, 0.6) is 0 Å². The van der Waals surface area contributed by atoms with Crippen molar-refractivity contribution in [3.63, 3.8) is 0 Å². The first-order valence-electron chi connectivity index (χ1n) is 7.33. The largest absolute Gasteiger partial charge is 0.379 e. The number of ether oxygens (including phenoxy) is 1. The fourth-order valence-corrected chi connectivity index (χ4v) is 3.47. The van der Waals surface area contributed by atoms with Gasteiger partial charge in [0.1, 0.15) is 0 Å². The van der Waals surface area contributed by atoms with Crippen LogP contribution in [-0.4, -0.2) is 56.8 Å². The molecule has 22 heavy (non-hydrogen) atoms. The van der Waals surface area contributed by atoms with Crippen molar-refractivity contribution in [1.82, 2.24) is 15.5 Å². The summed E-state index contributed by atoms with van der Waals surface area (Å²) in [5.41, 5.74) is 0. The SMILES string of the molecule is CCNC(=NCc1cc(Br)cs1)NCCN1CCOCC1.I. The molecule has 126 valence electrons. The van der Waals surface area contributed by atoms with E-state index in [1.807, 2.05) is 0 Å². The maximum Gasteiger partial charge on any atom is 0.191 e. The summed E-state index contributed by atoms with van der Waals surface area (Å²) >= 11 is 5.20. The summed E-state index contributed by atoms with van der Waals surface area (Å²) in [6, 6.07) is 2.12. The molecule has 0 radical (unpaired) electrons. The van der Waals surface area contributed by atoms with Gasteiger partial charge in [0.05, 0.1) is 19.8 Å². The molecular weight excluding hydrogens is 479 g/mol. The van der Waals surface area contributed by atoms with E-state index in [2.05, 4.69) is 54.8 Å². The zero-order valence-corrected chi connectivity index (χ0v) is 17.5. The average Bonchev–Trinajstić information content (AvgIpc) is 2.91. The van der Waals surface area contributed by atoms with Gasteiger partial charge in [0.2, 0.25) is 0 Å². The molecule has 2 N–H and O–H groups in total. The van der Waals surface area contributed by atoms with E-state index in [9.17, 15) is 0 Å². The number of aliphatic imine (C=N–C) groups is 1.